The van der Waals surface area contributed by atoms with E-state index in [-0.39, 0.29) is 18.1 Å². The molecular weight excluding hydrogens is 216 g/mol. The number of carbonyl (C=O) groups is 2. The Labute approximate surface area is 91.0 Å². The smallest absolute Gasteiger partial charge is 0.362 e. The first-order chi connectivity index (χ1) is 7.49. The molecule has 88 valence electrons. The van der Waals surface area contributed by atoms with Gasteiger partial charge in [0.1, 0.15) is 0 Å². The molecule has 1 unspecified atom stereocenters. The molecule has 0 bridgehead atoms. The van der Waals surface area contributed by atoms with Gasteiger partial charge >= 0.3 is 11.9 Å². The number of esters is 1. The molecule has 1 aromatic rings. The Morgan fingerprint density at radius 3 is 2.75 bits per heavy atom. The second-order valence-electron chi connectivity index (χ2n) is 3.00. The molecule has 0 amide bonds. The SMILES string of the molecule is CCOC(=O)c1nnn(C(C)C(=O)O)c1N. The van der Waals surface area contributed by atoms with Crippen molar-refractivity contribution < 1.29 is 19.4 Å². The fraction of sp³-hybridized carbons (Fsp3) is 0.500. The fourth-order valence-electron chi connectivity index (χ4n) is 1.04. The van der Waals surface area contributed by atoms with E-state index in [1.165, 1.54) is 6.92 Å². The predicted molar refractivity (Wildman–Crippen MR) is 52.7 cm³/mol. The second kappa shape index (κ2) is 4.60. The van der Waals surface area contributed by atoms with Gasteiger partial charge in [-0.2, -0.15) is 0 Å². The van der Waals surface area contributed by atoms with Crippen molar-refractivity contribution in [1.82, 2.24) is 15.0 Å². The third-order valence-corrected chi connectivity index (χ3v) is 1.92. The van der Waals surface area contributed by atoms with Gasteiger partial charge in [-0.05, 0) is 13.8 Å². The Bertz CT molecular complexity index is 414. The third kappa shape index (κ3) is 2.10. The molecule has 16 heavy (non-hydrogen) atoms. The molecule has 0 aromatic carbocycles. The van der Waals surface area contributed by atoms with Crippen molar-refractivity contribution in [1.29, 1.82) is 0 Å². The number of nitrogens with two attached hydrogens (primary N) is 1. The third-order valence-electron chi connectivity index (χ3n) is 1.92. The molecule has 3 N–H and O–H groups in total. The van der Waals surface area contributed by atoms with Gasteiger partial charge in [0.25, 0.3) is 0 Å². The van der Waals surface area contributed by atoms with Crippen molar-refractivity contribution in [2.75, 3.05) is 12.3 Å². The van der Waals surface area contributed by atoms with Crippen molar-refractivity contribution in [3.05, 3.63) is 5.69 Å². The van der Waals surface area contributed by atoms with Gasteiger partial charge in [-0.15, -0.1) is 5.10 Å². The summed E-state index contributed by atoms with van der Waals surface area (Å²) < 4.78 is 5.63. The minimum atomic E-state index is -1.12. The Hall–Kier alpha value is -2.12. The molecule has 0 aliphatic carbocycles. The Morgan fingerprint density at radius 2 is 2.25 bits per heavy atom. The zero-order valence-corrected chi connectivity index (χ0v) is 8.88. The highest BCUT2D eigenvalue weighted by molar-refractivity contribution is 5.92. The number of rotatable bonds is 4. The van der Waals surface area contributed by atoms with Crippen LogP contribution in [0.1, 0.15) is 30.4 Å². The molecule has 8 heteroatoms. The molecule has 0 aliphatic rings. The van der Waals surface area contributed by atoms with E-state index >= 15 is 0 Å². The summed E-state index contributed by atoms with van der Waals surface area (Å²) in [5, 5.41) is 15.7. The fourth-order valence-corrected chi connectivity index (χ4v) is 1.04. The van der Waals surface area contributed by atoms with Crippen molar-refractivity contribution in [2.24, 2.45) is 0 Å². The van der Waals surface area contributed by atoms with Gasteiger partial charge in [-0.1, -0.05) is 5.21 Å². The predicted octanol–water partition coefficient (Wildman–Crippen LogP) is -0.317. The lowest BCUT2D eigenvalue weighted by molar-refractivity contribution is -0.140. The number of aliphatic carboxylic acids is 1. The zero-order chi connectivity index (χ0) is 12.3. The summed E-state index contributed by atoms with van der Waals surface area (Å²) in [7, 11) is 0. The van der Waals surface area contributed by atoms with E-state index in [1.807, 2.05) is 0 Å². The number of hydrogen-bond donors (Lipinski definition) is 2. The molecule has 0 saturated carbocycles. The number of carboxylic acid groups (broad SMARTS) is 1. The van der Waals surface area contributed by atoms with Crippen LogP contribution in [0.4, 0.5) is 5.82 Å². The van der Waals surface area contributed by atoms with Crippen LogP contribution in [0.25, 0.3) is 0 Å². The first-order valence-electron chi connectivity index (χ1n) is 4.59. The molecule has 8 nitrogen and oxygen atoms in total. The highest BCUT2D eigenvalue weighted by Crippen LogP contribution is 2.14. The Balaban J connectivity index is 3.01. The van der Waals surface area contributed by atoms with Crippen LogP contribution < -0.4 is 5.73 Å². The van der Waals surface area contributed by atoms with Gasteiger partial charge in [0.2, 0.25) is 5.69 Å². The number of nitrogens with zero attached hydrogens (tertiary/aromatic N) is 3. The molecule has 0 aliphatic heterocycles. The minimum Gasteiger partial charge on any atom is -0.480 e. The van der Waals surface area contributed by atoms with Crippen molar-refractivity contribution in [3.8, 4) is 0 Å². The van der Waals surface area contributed by atoms with Gasteiger partial charge in [0.15, 0.2) is 11.9 Å². The summed E-state index contributed by atoms with van der Waals surface area (Å²) in [5.41, 5.74) is 5.38. The Morgan fingerprint density at radius 1 is 1.62 bits per heavy atom. The molecular formula is C8H12N4O4. The lowest BCUT2D eigenvalue weighted by Crippen LogP contribution is -2.19. The normalized spacial score (nSPS) is 12.1. The molecule has 0 radical (unpaired) electrons. The average Bonchev–Trinajstić information content (AvgIpc) is 2.59. The number of ether oxygens (including phenoxy) is 1. The molecule has 1 aromatic heterocycles. The van der Waals surface area contributed by atoms with Crippen LogP contribution in [0.3, 0.4) is 0 Å². The topological polar surface area (TPSA) is 120 Å². The van der Waals surface area contributed by atoms with E-state index in [2.05, 4.69) is 15.0 Å². The minimum absolute atomic E-state index is 0.117. The molecule has 0 saturated heterocycles. The van der Waals surface area contributed by atoms with E-state index in [9.17, 15) is 9.59 Å². The number of nitrogen functional groups attached to an aromatic ring is 1. The summed E-state index contributed by atoms with van der Waals surface area (Å²) >= 11 is 0. The van der Waals surface area contributed by atoms with Crippen LogP contribution in [-0.4, -0.2) is 38.6 Å². The van der Waals surface area contributed by atoms with Crippen LogP contribution >= 0.6 is 0 Å². The van der Waals surface area contributed by atoms with Gasteiger partial charge in [0, 0.05) is 0 Å². The first kappa shape index (κ1) is 12.0. The van der Waals surface area contributed by atoms with Gasteiger partial charge in [0.05, 0.1) is 6.61 Å². The average molecular weight is 228 g/mol. The van der Waals surface area contributed by atoms with E-state index in [0.29, 0.717) is 0 Å². The number of hydrogen-bond acceptors (Lipinski definition) is 6. The maximum Gasteiger partial charge on any atom is 0.362 e. The highest BCUT2D eigenvalue weighted by Gasteiger charge is 2.24. The second-order valence-corrected chi connectivity index (χ2v) is 3.00. The van der Waals surface area contributed by atoms with Gasteiger partial charge < -0.3 is 15.6 Å². The van der Waals surface area contributed by atoms with Crippen LogP contribution in [0, 0.1) is 0 Å². The van der Waals surface area contributed by atoms with E-state index in [0.717, 1.165) is 4.68 Å². The van der Waals surface area contributed by atoms with Crippen LogP contribution in [0.15, 0.2) is 0 Å². The van der Waals surface area contributed by atoms with Gasteiger partial charge in [-0.25, -0.2) is 14.3 Å². The van der Waals surface area contributed by atoms with E-state index in [4.69, 9.17) is 10.8 Å². The summed E-state index contributed by atoms with van der Waals surface area (Å²) in [6.07, 6.45) is 0. The maximum atomic E-state index is 11.3. The molecule has 1 rings (SSSR count). The van der Waals surface area contributed by atoms with Crippen LogP contribution in [-0.2, 0) is 9.53 Å². The lowest BCUT2D eigenvalue weighted by Gasteiger charge is -2.07. The number of aromatic nitrogens is 3. The van der Waals surface area contributed by atoms with E-state index in [1.54, 1.807) is 6.92 Å². The standard InChI is InChI=1S/C8H12N4O4/c1-3-16-8(15)5-6(9)12(11-10-5)4(2)7(13)14/h4H,3,9H2,1-2H3,(H,13,14). The number of carbonyl (C=O) groups excluding carboxylic acids is 1. The summed E-state index contributed by atoms with van der Waals surface area (Å²) in [6.45, 7) is 3.19. The summed E-state index contributed by atoms with van der Waals surface area (Å²) in [6, 6.07) is -0.990. The van der Waals surface area contributed by atoms with Crippen LogP contribution in [0.2, 0.25) is 0 Å². The molecule has 0 spiro atoms. The zero-order valence-electron chi connectivity index (χ0n) is 8.88. The van der Waals surface area contributed by atoms with E-state index < -0.39 is 18.0 Å². The summed E-state index contributed by atoms with van der Waals surface area (Å²) in [5.74, 6) is -1.95. The van der Waals surface area contributed by atoms with Gasteiger partial charge in [-0.3, -0.25) is 0 Å². The quantitative estimate of drug-likeness (QED) is 0.677. The number of carboxylic acids is 1. The maximum absolute atomic E-state index is 11.3. The first-order valence-corrected chi connectivity index (χ1v) is 4.59. The lowest BCUT2D eigenvalue weighted by atomic mass is 10.3. The molecule has 1 heterocycles. The monoisotopic (exact) mass is 228 g/mol. The van der Waals surface area contributed by atoms with Crippen molar-refractivity contribution in [2.45, 2.75) is 19.9 Å². The van der Waals surface area contributed by atoms with Crippen LogP contribution in [0.5, 0.6) is 0 Å². The van der Waals surface area contributed by atoms with Crippen molar-refractivity contribution >= 4 is 17.8 Å². The molecule has 1 atom stereocenters. The molecule has 0 fully saturated rings. The Kier molecular flexibility index (Phi) is 3.44. The summed E-state index contributed by atoms with van der Waals surface area (Å²) in [4.78, 5) is 22.0. The highest BCUT2D eigenvalue weighted by atomic mass is 16.5. The number of anilines is 1. The van der Waals surface area contributed by atoms with Crippen molar-refractivity contribution in [3.63, 3.8) is 0 Å². The largest absolute Gasteiger partial charge is 0.480 e.